The summed E-state index contributed by atoms with van der Waals surface area (Å²) in [6.45, 7) is -0.926. The van der Waals surface area contributed by atoms with Crippen LogP contribution in [0.15, 0.2) is 0 Å². The number of aliphatic hydroxyl groups is 1. The number of hydrogen-bond donors (Lipinski definition) is 8. The van der Waals surface area contributed by atoms with E-state index in [1.54, 1.807) is 0 Å². The highest BCUT2D eigenvalue weighted by Crippen LogP contribution is 1.98. The smallest absolute Gasteiger partial charge is 0.326 e. The lowest BCUT2D eigenvalue weighted by Crippen LogP contribution is -2.55. The van der Waals surface area contributed by atoms with Crippen LogP contribution in [0.3, 0.4) is 0 Å². The number of rotatable bonds is 14. The monoisotopic (exact) mass is 405 g/mol. The maximum atomic E-state index is 11.9. The van der Waals surface area contributed by atoms with E-state index in [0.717, 1.165) is 0 Å². The zero-order chi connectivity index (χ0) is 21.7. The first-order valence-electron chi connectivity index (χ1n) is 8.50. The minimum absolute atomic E-state index is 0.381. The molecule has 0 rings (SSSR count). The van der Waals surface area contributed by atoms with Gasteiger partial charge in [0.05, 0.1) is 25.6 Å². The van der Waals surface area contributed by atoms with E-state index in [9.17, 15) is 29.1 Å². The van der Waals surface area contributed by atoms with Gasteiger partial charge in [0.1, 0.15) is 12.1 Å². The number of carbonyl (C=O) groups excluding carboxylic acids is 3. The third-order valence-corrected chi connectivity index (χ3v) is 3.56. The maximum Gasteiger partial charge on any atom is 0.326 e. The summed E-state index contributed by atoms with van der Waals surface area (Å²) in [6.07, 6.45) is 0.844. The standard InChI is InChI=1S/C15H27N5O8/c16-4-2-1-3-8(17)13(25)18-6-11(22)19-10(7-21)14(26)20-9(15(27)28)5-12(23)24/h8-10,21H,1-7,16-17H2,(H,18,25)(H,19,22)(H,20,26)(H,23,24)(H,27,28). The highest BCUT2D eigenvalue weighted by atomic mass is 16.4. The van der Waals surface area contributed by atoms with Gasteiger partial charge in [0.25, 0.3) is 0 Å². The van der Waals surface area contributed by atoms with E-state index in [4.69, 9.17) is 21.7 Å². The number of aliphatic hydroxyl groups excluding tert-OH is 1. The molecule has 3 amide bonds. The van der Waals surface area contributed by atoms with Crippen molar-refractivity contribution in [3.8, 4) is 0 Å². The quantitative estimate of drug-likeness (QED) is 0.131. The SMILES string of the molecule is NCCCCC(N)C(=O)NCC(=O)NC(CO)C(=O)NC(CC(=O)O)C(=O)O. The molecule has 3 atom stereocenters. The summed E-state index contributed by atoms with van der Waals surface area (Å²) in [7, 11) is 0. The minimum Gasteiger partial charge on any atom is -0.481 e. The molecule has 0 aromatic heterocycles. The number of nitrogens with one attached hydrogen (secondary N) is 3. The molecule has 10 N–H and O–H groups in total. The van der Waals surface area contributed by atoms with Gasteiger partial charge in [0, 0.05) is 0 Å². The topological polar surface area (TPSA) is 234 Å². The highest BCUT2D eigenvalue weighted by Gasteiger charge is 2.28. The summed E-state index contributed by atoms with van der Waals surface area (Å²) in [6, 6.07) is -4.09. The summed E-state index contributed by atoms with van der Waals surface area (Å²) >= 11 is 0. The van der Waals surface area contributed by atoms with Crippen LogP contribution < -0.4 is 27.4 Å². The van der Waals surface area contributed by atoms with Crippen LogP contribution in [0, 0.1) is 0 Å². The Morgan fingerprint density at radius 1 is 0.929 bits per heavy atom. The summed E-state index contributed by atoms with van der Waals surface area (Å²) in [4.78, 5) is 57.1. The van der Waals surface area contributed by atoms with E-state index in [-0.39, 0.29) is 0 Å². The molecule has 0 aromatic rings. The first kappa shape index (κ1) is 25.2. The van der Waals surface area contributed by atoms with Crippen molar-refractivity contribution in [1.29, 1.82) is 0 Å². The Balaban J connectivity index is 4.53. The Morgan fingerprint density at radius 2 is 1.57 bits per heavy atom. The number of carboxylic acids is 2. The Bertz CT molecular complexity index is 571. The number of carboxylic acid groups (broad SMARTS) is 2. The zero-order valence-electron chi connectivity index (χ0n) is 15.2. The van der Waals surface area contributed by atoms with Crippen molar-refractivity contribution < 1.29 is 39.3 Å². The molecule has 0 fully saturated rings. The largest absolute Gasteiger partial charge is 0.481 e. The van der Waals surface area contributed by atoms with Gasteiger partial charge in [-0.3, -0.25) is 19.2 Å². The highest BCUT2D eigenvalue weighted by molar-refractivity contribution is 5.93. The van der Waals surface area contributed by atoms with Crippen LogP contribution in [0.1, 0.15) is 25.7 Å². The molecule has 0 spiro atoms. The zero-order valence-corrected chi connectivity index (χ0v) is 15.2. The molecule has 0 heterocycles. The molecule has 0 aliphatic heterocycles. The molecule has 3 unspecified atom stereocenters. The van der Waals surface area contributed by atoms with E-state index in [0.29, 0.717) is 25.8 Å². The number of unbranched alkanes of at least 4 members (excludes halogenated alkanes) is 1. The molecule has 13 heteroatoms. The fourth-order valence-electron chi connectivity index (χ4n) is 2.02. The molecule has 0 aromatic carbocycles. The number of hydrogen-bond acceptors (Lipinski definition) is 8. The van der Waals surface area contributed by atoms with Gasteiger partial charge in [-0.2, -0.15) is 0 Å². The van der Waals surface area contributed by atoms with Crippen LogP contribution in [-0.4, -0.2) is 82.8 Å². The van der Waals surface area contributed by atoms with Crippen LogP contribution >= 0.6 is 0 Å². The van der Waals surface area contributed by atoms with Crippen LogP contribution in [0.4, 0.5) is 0 Å². The van der Waals surface area contributed by atoms with E-state index >= 15 is 0 Å². The first-order valence-corrected chi connectivity index (χ1v) is 8.50. The minimum atomic E-state index is -1.73. The van der Waals surface area contributed by atoms with Crippen LogP contribution in [-0.2, 0) is 24.0 Å². The van der Waals surface area contributed by atoms with E-state index in [1.165, 1.54) is 0 Å². The second-order valence-corrected chi connectivity index (χ2v) is 5.91. The third-order valence-electron chi connectivity index (χ3n) is 3.56. The fourth-order valence-corrected chi connectivity index (χ4v) is 2.02. The summed E-state index contributed by atoms with van der Waals surface area (Å²) in [5, 5.41) is 33.0. The lowest BCUT2D eigenvalue weighted by Gasteiger charge is -2.19. The Morgan fingerprint density at radius 3 is 2.07 bits per heavy atom. The Hall–Kier alpha value is -2.77. The Kier molecular flexibility index (Phi) is 12.1. The van der Waals surface area contributed by atoms with Crippen LogP contribution in [0.25, 0.3) is 0 Å². The average molecular weight is 405 g/mol. The van der Waals surface area contributed by atoms with Gasteiger partial charge in [-0.15, -0.1) is 0 Å². The van der Waals surface area contributed by atoms with E-state index in [2.05, 4.69) is 10.6 Å². The molecule has 13 nitrogen and oxygen atoms in total. The first-order chi connectivity index (χ1) is 13.1. The number of carbonyl (C=O) groups is 5. The van der Waals surface area contributed by atoms with Gasteiger partial charge in [0.2, 0.25) is 17.7 Å². The second-order valence-electron chi connectivity index (χ2n) is 5.91. The Labute approximate surface area is 160 Å². The van der Waals surface area contributed by atoms with Gasteiger partial charge in [-0.05, 0) is 19.4 Å². The second kappa shape index (κ2) is 13.4. The molecule has 160 valence electrons. The fraction of sp³-hybridized carbons (Fsp3) is 0.667. The van der Waals surface area contributed by atoms with Crippen molar-refractivity contribution >= 4 is 29.7 Å². The predicted molar refractivity (Wildman–Crippen MR) is 94.7 cm³/mol. The molecular formula is C15H27N5O8. The molecule has 0 saturated heterocycles. The molecule has 0 aliphatic rings. The predicted octanol–water partition coefficient (Wildman–Crippen LogP) is -3.92. The summed E-state index contributed by atoms with van der Waals surface area (Å²) in [5.41, 5.74) is 11.0. The average Bonchev–Trinajstić information content (AvgIpc) is 2.62. The molecular weight excluding hydrogens is 378 g/mol. The van der Waals surface area contributed by atoms with Crippen molar-refractivity contribution in [2.45, 2.75) is 43.8 Å². The molecule has 0 saturated carbocycles. The number of nitrogens with two attached hydrogens (primary N) is 2. The van der Waals surface area contributed by atoms with Crippen molar-refractivity contribution in [2.24, 2.45) is 11.5 Å². The van der Waals surface area contributed by atoms with E-state index in [1.807, 2.05) is 5.32 Å². The molecule has 0 bridgehead atoms. The van der Waals surface area contributed by atoms with Gasteiger partial charge < -0.3 is 42.7 Å². The number of aliphatic carboxylic acids is 2. The van der Waals surface area contributed by atoms with Crippen molar-refractivity contribution in [3.63, 3.8) is 0 Å². The van der Waals surface area contributed by atoms with Gasteiger partial charge >= 0.3 is 11.9 Å². The lowest BCUT2D eigenvalue weighted by molar-refractivity contribution is -0.147. The lowest BCUT2D eigenvalue weighted by atomic mass is 10.1. The molecule has 0 radical (unpaired) electrons. The summed E-state index contributed by atoms with van der Waals surface area (Å²) < 4.78 is 0. The van der Waals surface area contributed by atoms with Gasteiger partial charge in [0.15, 0.2) is 0 Å². The normalized spacial score (nSPS) is 13.7. The van der Waals surface area contributed by atoms with Gasteiger partial charge in [-0.1, -0.05) is 6.42 Å². The van der Waals surface area contributed by atoms with Crippen molar-refractivity contribution in [2.75, 3.05) is 19.7 Å². The third kappa shape index (κ3) is 10.4. The summed E-state index contributed by atoms with van der Waals surface area (Å²) in [5.74, 6) is -5.54. The van der Waals surface area contributed by atoms with Crippen LogP contribution in [0.2, 0.25) is 0 Å². The van der Waals surface area contributed by atoms with Gasteiger partial charge in [-0.25, -0.2) is 4.79 Å². The van der Waals surface area contributed by atoms with Crippen LogP contribution in [0.5, 0.6) is 0 Å². The molecule has 0 aliphatic carbocycles. The van der Waals surface area contributed by atoms with Crippen molar-refractivity contribution in [1.82, 2.24) is 16.0 Å². The maximum absolute atomic E-state index is 11.9. The van der Waals surface area contributed by atoms with E-state index < -0.39 is 67.4 Å². The molecule has 28 heavy (non-hydrogen) atoms. The number of amides is 3. The van der Waals surface area contributed by atoms with Crippen molar-refractivity contribution in [3.05, 3.63) is 0 Å².